The van der Waals surface area contributed by atoms with Gasteiger partial charge in [0, 0.05) is 38.8 Å². The molecule has 1 fully saturated rings. The monoisotopic (exact) mass is 403 g/mol. The van der Waals surface area contributed by atoms with Crippen LogP contribution in [0.1, 0.15) is 5.56 Å². The Balaban J connectivity index is 1.28. The number of halogens is 2. The number of aromatic nitrogens is 2. The second-order valence-electron chi connectivity index (χ2n) is 6.65. The quantitative estimate of drug-likeness (QED) is 0.709. The molecule has 1 aromatic carbocycles. The SMILES string of the molecule is O=C(CN1CCN(c2ncnc3sccc23)CC1)NCc1cc(F)cc(F)c1. The van der Waals surface area contributed by atoms with E-state index in [1.807, 2.05) is 11.4 Å². The third-order valence-corrected chi connectivity index (χ3v) is 5.51. The molecule has 3 aromatic rings. The molecule has 0 aliphatic carbocycles. The molecule has 1 aliphatic rings. The van der Waals surface area contributed by atoms with E-state index in [9.17, 15) is 13.6 Å². The van der Waals surface area contributed by atoms with Crippen molar-refractivity contribution in [2.24, 2.45) is 0 Å². The number of fused-ring (bicyclic) bond motifs is 1. The van der Waals surface area contributed by atoms with Crippen molar-refractivity contribution in [1.82, 2.24) is 20.2 Å². The summed E-state index contributed by atoms with van der Waals surface area (Å²) in [4.78, 5) is 26.1. The Labute approximate surface area is 164 Å². The summed E-state index contributed by atoms with van der Waals surface area (Å²) in [6.07, 6.45) is 1.59. The van der Waals surface area contributed by atoms with Crippen LogP contribution in [0.2, 0.25) is 0 Å². The molecule has 0 atom stereocenters. The van der Waals surface area contributed by atoms with Gasteiger partial charge in [0.25, 0.3) is 0 Å². The van der Waals surface area contributed by atoms with E-state index in [2.05, 4.69) is 25.1 Å². The number of hydrogen-bond donors (Lipinski definition) is 1. The summed E-state index contributed by atoms with van der Waals surface area (Å²) in [5.74, 6) is -0.529. The molecule has 1 saturated heterocycles. The molecule has 0 bridgehead atoms. The highest BCUT2D eigenvalue weighted by Gasteiger charge is 2.21. The molecule has 1 N–H and O–H groups in total. The number of anilines is 1. The van der Waals surface area contributed by atoms with Gasteiger partial charge in [-0.25, -0.2) is 18.7 Å². The fourth-order valence-electron chi connectivity index (χ4n) is 3.32. The zero-order chi connectivity index (χ0) is 19.5. The number of thiophene rings is 1. The summed E-state index contributed by atoms with van der Waals surface area (Å²) < 4.78 is 26.4. The van der Waals surface area contributed by atoms with Gasteiger partial charge in [-0.1, -0.05) is 0 Å². The highest BCUT2D eigenvalue weighted by molar-refractivity contribution is 7.16. The maximum absolute atomic E-state index is 13.2. The van der Waals surface area contributed by atoms with Gasteiger partial charge in [-0.05, 0) is 29.1 Å². The molecule has 3 heterocycles. The highest BCUT2D eigenvalue weighted by Crippen LogP contribution is 2.27. The van der Waals surface area contributed by atoms with Crippen LogP contribution in [0.5, 0.6) is 0 Å². The highest BCUT2D eigenvalue weighted by atomic mass is 32.1. The number of carbonyl (C=O) groups excluding carboxylic acids is 1. The van der Waals surface area contributed by atoms with Gasteiger partial charge in [0.15, 0.2) is 0 Å². The van der Waals surface area contributed by atoms with Crippen LogP contribution in [0, 0.1) is 11.6 Å². The molecular formula is C19H19F2N5OS. The summed E-state index contributed by atoms with van der Waals surface area (Å²) in [6, 6.07) is 5.28. The lowest BCUT2D eigenvalue weighted by Gasteiger charge is -2.35. The third kappa shape index (κ3) is 4.26. The summed E-state index contributed by atoms with van der Waals surface area (Å²) in [7, 11) is 0. The van der Waals surface area contributed by atoms with Crippen LogP contribution < -0.4 is 10.2 Å². The Morgan fingerprint density at radius 2 is 1.86 bits per heavy atom. The van der Waals surface area contributed by atoms with Gasteiger partial charge < -0.3 is 10.2 Å². The van der Waals surface area contributed by atoms with Crippen molar-refractivity contribution in [3.63, 3.8) is 0 Å². The molecular weight excluding hydrogens is 384 g/mol. The van der Waals surface area contributed by atoms with Crippen LogP contribution in [0.15, 0.2) is 36.0 Å². The van der Waals surface area contributed by atoms with E-state index >= 15 is 0 Å². The van der Waals surface area contributed by atoms with Crippen molar-refractivity contribution in [3.8, 4) is 0 Å². The van der Waals surface area contributed by atoms with Crippen molar-refractivity contribution in [2.45, 2.75) is 6.54 Å². The number of piperazine rings is 1. The molecule has 4 rings (SSSR count). The molecule has 146 valence electrons. The molecule has 0 unspecified atom stereocenters. The van der Waals surface area contributed by atoms with Crippen LogP contribution in [0.25, 0.3) is 10.2 Å². The van der Waals surface area contributed by atoms with Crippen LogP contribution in [0.4, 0.5) is 14.6 Å². The number of hydrogen-bond acceptors (Lipinski definition) is 6. The van der Waals surface area contributed by atoms with E-state index in [-0.39, 0.29) is 19.0 Å². The van der Waals surface area contributed by atoms with Crippen molar-refractivity contribution < 1.29 is 13.6 Å². The molecule has 2 aromatic heterocycles. The van der Waals surface area contributed by atoms with E-state index in [1.165, 1.54) is 12.1 Å². The average molecular weight is 403 g/mol. The Morgan fingerprint density at radius 3 is 2.61 bits per heavy atom. The lowest BCUT2D eigenvalue weighted by Crippen LogP contribution is -2.49. The first-order valence-corrected chi connectivity index (χ1v) is 9.83. The number of carbonyl (C=O) groups is 1. The van der Waals surface area contributed by atoms with Gasteiger partial charge in [0.05, 0.1) is 11.9 Å². The summed E-state index contributed by atoms with van der Waals surface area (Å²) >= 11 is 1.59. The van der Waals surface area contributed by atoms with Crippen LogP contribution in [0.3, 0.4) is 0 Å². The largest absolute Gasteiger partial charge is 0.353 e. The molecule has 1 aliphatic heterocycles. The Bertz CT molecular complexity index is 967. The van der Waals surface area contributed by atoms with Gasteiger partial charge >= 0.3 is 0 Å². The minimum absolute atomic E-state index is 0.102. The normalized spacial score (nSPS) is 15.1. The van der Waals surface area contributed by atoms with E-state index in [0.717, 1.165) is 48.3 Å². The van der Waals surface area contributed by atoms with E-state index in [0.29, 0.717) is 5.56 Å². The van der Waals surface area contributed by atoms with Crippen molar-refractivity contribution >= 4 is 33.3 Å². The van der Waals surface area contributed by atoms with Gasteiger partial charge in [-0.3, -0.25) is 9.69 Å². The third-order valence-electron chi connectivity index (χ3n) is 4.69. The number of amides is 1. The first-order valence-electron chi connectivity index (χ1n) is 8.95. The minimum Gasteiger partial charge on any atom is -0.353 e. The molecule has 28 heavy (non-hydrogen) atoms. The Hall–Kier alpha value is -2.65. The first-order chi connectivity index (χ1) is 13.6. The second-order valence-corrected chi connectivity index (χ2v) is 7.55. The second kappa shape index (κ2) is 8.15. The standard InChI is InChI=1S/C19H19F2N5OS/c20-14-7-13(8-15(21)9-14)10-22-17(27)11-25-2-4-26(5-3-25)18-16-1-6-28-19(16)24-12-23-18/h1,6-9,12H,2-5,10-11H2,(H,22,27). The van der Waals surface area contributed by atoms with Crippen LogP contribution >= 0.6 is 11.3 Å². The lowest BCUT2D eigenvalue weighted by atomic mass is 10.2. The van der Waals surface area contributed by atoms with Crippen LogP contribution in [-0.2, 0) is 11.3 Å². The first kappa shape index (κ1) is 18.7. The molecule has 1 amide bonds. The minimum atomic E-state index is -0.648. The zero-order valence-corrected chi connectivity index (χ0v) is 15.9. The van der Waals surface area contributed by atoms with E-state index in [4.69, 9.17) is 0 Å². The molecule has 6 nitrogen and oxygen atoms in total. The average Bonchev–Trinajstić information content (AvgIpc) is 3.15. The summed E-state index contributed by atoms with van der Waals surface area (Å²) in [6.45, 7) is 3.36. The smallest absolute Gasteiger partial charge is 0.234 e. The summed E-state index contributed by atoms with van der Waals surface area (Å²) in [5.41, 5.74) is 0.402. The van der Waals surface area contributed by atoms with Gasteiger partial charge in [-0.15, -0.1) is 11.3 Å². The predicted octanol–water partition coefficient (Wildman–Crippen LogP) is 2.41. The fourth-order valence-corrected chi connectivity index (χ4v) is 4.05. The van der Waals surface area contributed by atoms with Gasteiger partial charge in [-0.2, -0.15) is 0 Å². The number of nitrogens with one attached hydrogen (secondary N) is 1. The number of rotatable bonds is 5. The number of benzene rings is 1. The van der Waals surface area contributed by atoms with Crippen molar-refractivity contribution in [1.29, 1.82) is 0 Å². The molecule has 0 radical (unpaired) electrons. The van der Waals surface area contributed by atoms with E-state index < -0.39 is 11.6 Å². The topological polar surface area (TPSA) is 61.4 Å². The van der Waals surface area contributed by atoms with Crippen molar-refractivity contribution in [2.75, 3.05) is 37.6 Å². The van der Waals surface area contributed by atoms with Crippen LogP contribution in [-0.4, -0.2) is 53.5 Å². The lowest BCUT2D eigenvalue weighted by molar-refractivity contribution is -0.122. The van der Waals surface area contributed by atoms with Gasteiger partial charge in [0.1, 0.15) is 28.6 Å². The molecule has 0 spiro atoms. The molecule has 0 saturated carbocycles. The number of nitrogens with zero attached hydrogens (tertiary/aromatic N) is 4. The molecule has 9 heteroatoms. The van der Waals surface area contributed by atoms with Gasteiger partial charge in [0.2, 0.25) is 5.91 Å². The zero-order valence-electron chi connectivity index (χ0n) is 15.1. The fraction of sp³-hybridized carbons (Fsp3) is 0.316. The Morgan fingerprint density at radius 1 is 1.11 bits per heavy atom. The Kier molecular flexibility index (Phi) is 5.45. The summed E-state index contributed by atoms with van der Waals surface area (Å²) in [5, 5.41) is 5.78. The predicted molar refractivity (Wildman–Crippen MR) is 104 cm³/mol. The van der Waals surface area contributed by atoms with E-state index in [1.54, 1.807) is 17.7 Å². The maximum Gasteiger partial charge on any atom is 0.234 e. The van der Waals surface area contributed by atoms with Crippen molar-refractivity contribution in [3.05, 3.63) is 53.2 Å². The maximum atomic E-state index is 13.2.